The number of fused-ring (bicyclic) bond motifs is 1. The Morgan fingerprint density at radius 1 is 1.24 bits per heavy atom. The summed E-state index contributed by atoms with van der Waals surface area (Å²) in [6, 6.07) is 12.4. The topological polar surface area (TPSA) is 33.1 Å². The quantitative estimate of drug-likeness (QED) is 0.908. The predicted octanol–water partition coefficient (Wildman–Crippen LogP) is 4.35. The van der Waals surface area contributed by atoms with Crippen LogP contribution in [-0.4, -0.2) is 15.7 Å². The second kappa shape index (κ2) is 5.76. The van der Waals surface area contributed by atoms with Crippen molar-refractivity contribution in [3.8, 4) is 0 Å². The number of para-hydroxylation sites is 1. The zero-order valence-corrected chi connectivity index (χ0v) is 13.0. The highest BCUT2D eigenvalue weighted by Gasteiger charge is 2.35. The first-order valence-electron chi connectivity index (χ1n) is 8.13. The lowest BCUT2D eigenvalue weighted by Gasteiger charge is -2.38. The molecule has 2 aromatic rings. The van der Waals surface area contributed by atoms with Crippen molar-refractivity contribution in [1.82, 2.24) is 4.98 Å². The van der Waals surface area contributed by atoms with Crippen molar-refractivity contribution in [3.05, 3.63) is 42.1 Å². The summed E-state index contributed by atoms with van der Waals surface area (Å²) in [7, 11) is 0. The molecule has 0 radical (unpaired) electrons. The normalized spacial score (nSPS) is 26.4. The van der Waals surface area contributed by atoms with Crippen LogP contribution in [0, 0.1) is 11.8 Å². The van der Waals surface area contributed by atoms with Crippen molar-refractivity contribution in [1.29, 1.82) is 0 Å². The molecule has 0 amide bonds. The minimum absolute atomic E-state index is 0.567. The standard InChI is InChI=1S/C19H25NO/c1-14(2)16-7-5-11-19(21,12-16)13-17-10-9-15-6-3-4-8-18(15)20-17/h3-4,6,8-10,14,16,21H,5,7,11-13H2,1-2H3. The maximum Gasteiger partial charge on any atom is 0.0705 e. The predicted molar refractivity (Wildman–Crippen MR) is 87.2 cm³/mol. The summed E-state index contributed by atoms with van der Waals surface area (Å²) >= 11 is 0. The summed E-state index contributed by atoms with van der Waals surface area (Å²) in [5, 5.41) is 12.1. The molecule has 1 aliphatic rings. The molecular weight excluding hydrogens is 258 g/mol. The van der Waals surface area contributed by atoms with Crippen LogP contribution in [0.1, 0.15) is 45.2 Å². The summed E-state index contributed by atoms with van der Waals surface area (Å²) in [6.45, 7) is 4.54. The fourth-order valence-corrected chi connectivity index (χ4v) is 3.66. The molecule has 1 fully saturated rings. The average molecular weight is 283 g/mol. The van der Waals surface area contributed by atoms with E-state index in [1.54, 1.807) is 0 Å². The monoisotopic (exact) mass is 283 g/mol. The van der Waals surface area contributed by atoms with Gasteiger partial charge in [-0.05, 0) is 43.2 Å². The first-order valence-corrected chi connectivity index (χ1v) is 8.13. The summed E-state index contributed by atoms with van der Waals surface area (Å²) in [4.78, 5) is 4.72. The Morgan fingerprint density at radius 2 is 2.05 bits per heavy atom. The molecular formula is C19H25NO. The lowest BCUT2D eigenvalue weighted by atomic mass is 9.72. The van der Waals surface area contributed by atoms with E-state index in [0.717, 1.165) is 35.9 Å². The van der Waals surface area contributed by atoms with E-state index >= 15 is 0 Å². The van der Waals surface area contributed by atoms with Crippen LogP contribution in [0.15, 0.2) is 36.4 Å². The van der Waals surface area contributed by atoms with Gasteiger partial charge < -0.3 is 5.11 Å². The highest BCUT2D eigenvalue weighted by Crippen LogP contribution is 2.38. The van der Waals surface area contributed by atoms with Gasteiger partial charge in [0.05, 0.1) is 11.1 Å². The Bertz CT molecular complexity index is 622. The van der Waals surface area contributed by atoms with Gasteiger partial charge in [-0.25, -0.2) is 0 Å². The highest BCUT2D eigenvalue weighted by atomic mass is 16.3. The third-order valence-electron chi connectivity index (χ3n) is 4.97. The molecule has 2 unspecified atom stereocenters. The molecule has 0 bridgehead atoms. The van der Waals surface area contributed by atoms with Gasteiger partial charge in [0, 0.05) is 17.5 Å². The van der Waals surface area contributed by atoms with Crippen LogP contribution in [0.2, 0.25) is 0 Å². The van der Waals surface area contributed by atoms with Crippen molar-refractivity contribution >= 4 is 10.9 Å². The maximum absolute atomic E-state index is 11.0. The summed E-state index contributed by atoms with van der Waals surface area (Å²) < 4.78 is 0. The molecule has 2 atom stereocenters. The third-order valence-corrected chi connectivity index (χ3v) is 4.97. The zero-order valence-electron chi connectivity index (χ0n) is 13.0. The highest BCUT2D eigenvalue weighted by molar-refractivity contribution is 5.78. The Labute approximate surface area is 127 Å². The lowest BCUT2D eigenvalue weighted by molar-refractivity contribution is -0.0246. The largest absolute Gasteiger partial charge is 0.389 e. The fourth-order valence-electron chi connectivity index (χ4n) is 3.66. The number of aromatic nitrogens is 1. The molecule has 1 aliphatic carbocycles. The number of hydrogen-bond donors (Lipinski definition) is 1. The second-order valence-corrected chi connectivity index (χ2v) is 7.00. The van der Waals surface area contributed by atoms with E-state index in [0.29, 0.717) is 18.3 Å². The van der Waals surface area contributed by atoms with Crippen molar-refractivity contribution < 1.29 is 5.11 Å². The van der Waals surface area contributed by atoms with Gasteiger partial charge in [0.2, 0.25) is 0 Å². The van der Waals surface area contributed by atoms with E-state index in [1.165, 1.54) is 6.42 Å². The van der Waals surface area contributed by atoms with Crippen molar-refractivity contribution in [2.45, 2.75) is 51.6 Å². The summed E-state index contributed by atoms with van der Waals surface area (Å²) in [6.07, 6.45) is 4.89. The number of aliphatic hydroxyl groups is 1. The van der Waals surface area contributed by atoms with Crippen LogP contribution in [0.4, 0.5) is 0 Å². The Balaban J connectivity index is 1.80. The molecule has 1 heterocycles. The number of benzene rings is 1. The third kappa shape index (κ3) is 3.26. The molecule has 21 heavy (non-hydrogen) atoms. The van der Waals surface area contributed by atoms with Crippen LogP contribution in [0.5, 0.6) is 0 Å². The van der Waals surface area contributed by atoms with Gasteiger partial charge in [0.15, 0.2) is 0 Å². The number of rotatable bonds is 3. The first-order chi connectivity index (χ1) is 10.1. The first kappa shape index (κ1) is 14.5. The van der Waals surface area contributed by atoms with E-state index in [4.69, 9.17) is 4.98 Å². The molecule has 1 aromatic carbocycles. The number of nitrogens with zero attached hydrogens (tertiary/aromatic N) is 1. The van der Waals surface area contributed by atoms with E-state index in [-0.39, 0.29) is 0 Å². The second-order valence-electron chi connectivity index (χ2n) is 7.00. The Kier molecular flexibility index (Phi) is 3.99. The molecule has 1 saturated carbocycles. The summed E-state index contributed by atoms with van der Waals surface area (Å²) in [5.41, 5.74) is 1.47. The zero-order chi connectivity index (χ0) is 14.9. The molecule has 0 saturated heterocycles. The van der Waals surface area contributed by atoms with E-state index in [2.05, 4.69) is 32.0 Å². The van der Waals surface area contributed by atoms with Gasteiger partial charge >= 0.3 is 0 Å². The SMILES string of the molecule is CC(C)C1CCCC(O)(Cc2ccc3ccccc3n2)C1. The van der Waals surface area contributed by atoms with Gasteiger partial charge in [0.25, 0.3) is 0 Å². The average Bonchev–Trinajstić information content (AvgIpc) is 2.46. The van der Waals surface area contributed by atoms with Crippen LogP contribution in [0.25, 0.3) is 10.9 Å². The number of hydrogen-bond acceptors (Lipinski definition) is 2. The Hall–Kier alpha value is -1.41. The lowest BCUT2D eigenvalue weighted by Crippen LogP contribution is -2.39. The smallest absolute Gasteiger partial charge is 0.0705 e. The molecule has 0 aliphatic heterocycles. The molecule has 112 valence electrons. The molecule has 1 aromatic heterocycles. The van der Waals surface area contributed by atoms with Gasteiger partial charge in [0.1, 0.15) is 0 Å². The van der Waals surface area contributed by atoms with Gasteiger partial charge in [-0.15, -0.1) is 0 Å². The van der Waals surface area contributed by atoms with Crippen LogP contribution < -0.4 is 0 Å². The van der Waals surface area contributed by atoms with E-state index < -0.39 is 5.60 Å². The fraction of sp³-hybridized carbons (Fsp3) is 0.526. The maximum atomic E-state index is 11.0. The molecule has 0 spiro atoms. The minimum atomic E-state index is -0.567. The van der Waals surface area contributed by atoms with Gasteiger partial charge in [-0.1, -0.05) is 44.5 Å². The van der Waals surface area contributed by atoms with Crippen LogP contribution >= 0.6 is 0 Å². The van der Waals surface area contributed by atoms with Crippen molar-refractivity contribution in [2.24, 2.45) is 11.8 Å². The van der Waals surface area contributed by atoms with Gasteiger partial charge in [-0.3, -0.25) is 4.98 Å². The molecule has 1 N–H and O–H groups in total. The minimum Gasteiger partial charge on any atom is -0.389 e. The van der Waals surface area contributed by atoms with Gasteiger partial charge in [-0.2, -0.15) is 0 Å². The van der Waals surface area contributed by atoms with Crippen LogP contribution in [0.3, 0.4) is 0 Å². The van der Waals surface area contributed by atoms with E-state index in [1.807, 2.05) is 18.2 Å². The van der Waals surface area contributed by atoms with Crippen molar-refractivity contribution in [2.75, 3.05) is 0 Å². The molecule has 2 heteroatoms. The van der Waals surface area contributed by atoms with Crippen LogP contribution in [-0.2, 0) is 6.42 Å². The summed E-state index contributed by atoms with van der Waals surface area (Å²) in [5.74, 6) is 1.30. The Morgan fingerprint density at radius 3 is 2.86 bits per heavy atom. The van der Waals surface area contributed by atoms with Crippen molar-refractivity contribution in [3.63, 3.8) is 0 Å². The molecule has 3 rings (SSSR count). The molecule has 2 nitrogen and oxygen atoms in total. The van der Waals surface area contributed by atoms with E-state index in [9.17, 15) is 5.11 Å². The number of pyridine rings is 1.